The van der Waals surface area contributed by atoms with Crippen LogP contribution in [0.2, 0.25) is 0 Å². The molecule has 1 atom stereocenters. The lowest BCUT2D eigenvalue weighted by atomic mass is 10.4. The molecule has 1 heterocycles. The molecular formula is C9H12N2O3S. The SMILES string of the molecule is CC(C(=O)Nc1ccccn1)S(C)(=O)=O. The largest absolute Gasteiger partial charge is 0.310 e. The van der Waals surface area contributed by atoms with Crippen molar-refractivity contribution in [3.05, 3.63) is 24.4 Å². The zero-order chi connectivity index (χ0) is 11.5. The van der Waals surface area contributed by atoms with E-state index in [2.05, 4.69) is 10.3 Å². The van der Waals surface area contributed by atoms with E-state index in [-0.39, 0.29) is 0 Å². The number of hydrogen-bond donors (Lipinski definition) is 1. The topological polar surface area (TPSA) is 76.1 Å². The van der Waals surface area contributed by atoms with Gasteiger partial charge in [0, 0.05) is 12.5 Å². The van der Waals surface area contributed by atoms with Gasteiger partial charge >= 0.3 is 0 Å². The molecule has 82 valence electrons. The van der Waals surface area contributed by atoms with Crippen LogP contribution in [0.25, 0.3) is 0 Å². The molecule has 0 saturated carbocycles. The van der Waals surface area contributed by atoms with Crippen molar-refractivity contribution in [2.75, 3.05) is 11.6 Å². The molecule has 6 heteroatoms. The average Bonchev–Trinajstić information content (AvgIpc) is 2.16. The Labute approximate surface area is 88.4 Å². The fourth-order valence-corrected chi connectivity index (χ4v) is 1.31. The quantitative estimate of drug-likeness (QED) is 0.815. The van der Waals surface area contributed by atoms with Crippen LogP contribution in [0.1, 0.15) is 6.92 Å². The molecule has 0 aliphatic rings. The number of carbonyl (C=O) groups excluding carboxylic acids is 1. The monoisotopic (exact) mass is 228 g/mol. The van der Waals surface area contributed by atoms with Gasteiger partial charge in [0.25, 0.3) is 0 Å². The van der Waals surface area contributed by atoms with E-state index in [1.54, 1.807) is 18.2 Å². The van der Waals surface area contributed by atoms with Crippen LogP contribution in [0.5, 0.6) is 0 Å². The summed E-state index contributed by atoms with van der Waals surface area (Å²) in [5.74, 6) is -0.228. The molecule has 1 amide bonds. The predicted molar refractivity (Wildman–Crippen MR) is 57.2 cm³/mol. The van der Waals surface area contributed by atoms with Crippen molar-refractivity contribution in [1.82, 2.24) is 4.98 Å². The van der Waals surface area contributed by atoms with Gasteiger partial charge in [0.1, 0.15) is 11.1 Å². The Hall–Kier alpha value is -1.43. The highest BCUT2D eigenvalue weighted by atomic mass is 32.2. The summed E-state index contributed by atoms with van der Waals surface area (Å²) in [5, 5.41) is 1.35. The van der Waals surface area contributed by atoms with Crippen molar-refractivity contribution >= 4 is 21.6 Å². The highest BCUT2D eigenvalue weighted by Crippen LogP contribution is 2.04. The summed E-state index contributed by atoms with van der Waals surface area (Å²) in [5.41, 5.74) is 0. The van der Waals surface area contributed by atoms with Crippen molar-refractivity contribution in [2.24, 2.45) is 0 Å². The van der Waals surface area contributed by atoms with Crippen LogP contribution in [-0.2, 0) is 14.6 Å². The van der Waals surface area contributed by atoms with E-state index >= 15 is 0 Å². The van der Waals surface area contributed by atoms with Gasteiger partial charge < -0.3 is 5.32 Å². The highest BCUT2D eigenvalue weighted by molar-refractivity contribution is 7.92. The Bertz CT molecular complexity index is 442. The summed E-state index contributed by atoms with van der Waals surface area (Å²) in [4.78, 5) is 15.3. The molecule has 0 bridgehead atoms. The molecular weight excluding hydrogens is 216 g/mol. The van der Waals surface area contributed by atoms with Gasteiger partial charge in [-0.25, -0.2) is 13.4 Å². The predicted octanol–water partition coefficient (Wildman–Crippen LogP) is 0.453. The number of anilines is 1. The molecule has 0 fully saturated rings. The van der Waals surface area contributed by atoms with Crippen LogP contribution in [0.4, 0.5) is 5.82 Å². The van der Waals surface area contributed by atoms with E-state index in [9.17, 15) is 13.2 Å². The smallest absolute Gasteiger partial charge is 0.243 e. The summed E-state index contributed by atoms with van der Waals surface area (Å²) in [6.07, 6.45) is 2.54. The number of carbonyl (C=O) groups is 1. The minimum atomic E-state index is -3.36. The fourth-order valence-electron chi connectivity index (χ4n) is 0.859. The zero-order valence-corrected chi connectivity index (χ0v) is 9.28. The standard InChI is InChI=1S/C9H12N2O3S/c1-7(15(2,13)14)9(12)11-8-5-3-4-6-10-8/h3-7H,1-2H3,(H,10,11,12). The highest BCUT2D eigenvalue weighted by Gasteiger charge is 2.23. The Morgan fingerprint density at radius 2 is 2.13 bits per heavy atom. The molecule has 1 unspecified atom stereocenters. The zero-order valence-electron chi connectivity index (χ0n) is 8.47. The Morgan fingerprint density at radius 1 is 1.47 bits per heavy atom. The number of nitrogens with one attached hydrogen (secondary N) is 1. The molecule has 0 radical (unpaired) electrons. The van der Waals surface area contributed by atoms with Crippen molar-refractivity contribution < 1.29 is 13.2 Å². The van der Waals surface area contributed by atoms with Crippen LogP contribution in [0.15, 0.2) is 24.4 Å². The molecule has 0 aliphatic carbocycles. The van der Waals surface area contributed by atoms with Gasteiger partial charge in [-0.15, -0.1) is 0 Å². The minimum absolute atomic E-state index is 0.345. The lowest BCUT2D eigenvalue weighted by molar-refractivity contribution is -0.115. The van der Waals surface area contributed by atoms with Gasteiger partial charge in [-0.2, -0.15) is 0 Å². The van der Waals surface area contributed by atoms with E-state index < -0.39 is 21.0 Å². The first-order valence-corrected chi connectivity index (χ1v) is 6.27. The summed E-state index contributed by atoms with van der Waals surface area (Å²) >= 11 is 0. The van der Waals surface area contributed by atoms with E-state index in [1.165, 1.54) is 13.1 Å². The molecule has 1 aromatic rings. The average molecular weight is 228 g/mol. The summed E-state index contributed by atoms with van der Waals surface area (Å²) in [6, 6.07) is 5.00. The normalized spacial score (nSPS) is 13.2. The molecule has 0 aliphatic heterocycles. The van der Waals surface area contributed by atoms with Crippen LogP contribution in [-0.4, -0.2) is 30.8 Å². The number of sulfone groups is 1. The van der Waals surface area contributed by atoms with Gasteiger partial charge in [0.15, 0.2) is 9.84 Å². The number of hydrogen-bond acceptors (Lipinski definition) is 4. The van der Waals surface area contributed by atoms with Crippen LogP contribution < -0.4 is 5.32 Å². The van der Waals surface area contributed by atoms with Gasteiger partial charge in [0.2, 0.25) is 5.91 Å². The second-order valence-electron chi connectivity index (χ2n) is 3.18. The number of pyridine rings is 1. The second kappa shape index (κ2) is 4.39. The molecule has 1 rings (SSSR count). The third-order valence-corrected chi connectivity index (χ3v) is 3.43. The van der Waals surface area contributed by atoms with Crippen molar-refractivity contribution in [2.45, 2.75) is 12.2 Å². The van der Waals surface area contributed by atoms with E-state index in [0.717, 1.165) is 6.26 Å². The van der Waals surface area contributed by atoms with Crippen molar-refractivity contribution in [3.63, 3.8) is 0 Å². The number of amides is 1. The lowest BCUT2D eigenvalue weighted by Gasteiger charge is -2.09. The molecule has 5 nitrogen and oxygen atoms in total. The summed E-state index contributed by atoms with van der Waals surface area (Å²) < 4.78 is 22.2. The molecule has 15 heavy (non-hydrogen) atoms. The van der Waals surface area contributed by atoms with Gasteiger partial charge in [-0.1, -0.05) is 6.07 Å². The first-order chi connectivity index (χ1) is 6.91. The number of aromatic nitrogens is 1. The fraction of sp³-hybridized carbons (Fsp3) is 0.333. The number of nitrogens with zero attached hydrogens (tertiary/aromatic N) is 1. The van der Waals surface area contributed by atoms with Crippen LogP contribution >= 0.6 is 0 Å². The first-order valence-electron chi connectivity index (χ1n) is 4.32. The van der Waals surface area contributed by atoms with E-state index in [0.29, 0.717) is 5.82 Å². The molecule has 1 aromatic heterocycles. The third kappa shape index (κ3) is 3.32. The van der Waals surface area contributed by atoms with Crippen molar-refractivity contribution in [1.29, 1.82) is 0 Å². The minimum Gasteiger partial charge on any atom is -0.310 e. The van der Waals surface area contributed by atoms with Crippen molar-refractivity contribution in [3.8, 4) is 0 Å². The molecule has 0 saturated heterocycles. The Balaban J connectivity index is 2.73. The Kier molecular flexibility index (Phi) is 3.41. The van der Waals surface area contributed by atoms with Crippen LogP contribution in [0, 0.1) is 0 Å². The van der Waals surface area contributed by atoms with Gasteiger partial charge in [-0.3, -0.25) is 4.79 Å². The maximum Gasteiger partial charge on any atom is 0.243 e. The maximum absolute atomic E-state index is 11.4. The second-order valence-corrected chi connectivity index (χ2v) is 5.54. The molecule has 0 aromatic carbocycles. The summed E-state index contributed by atoms with van der Waals surface area (Å²) in [6.45, 7) is 1.34. The Morgan fingerprint density at radius 3 is 2.60 bits per heavy atom. The van der Waals surface area contributed by atoms with Gasteiger partial charge in [0.05, 0.1) is 0 Å². The summed E-state index contributed by atoms with van der Waals surface area (Å²) in [7, 11) is -3.36. The molecule has 0 spiro atoms. The van der Waals surface area contributed by atoms with Crippen LogP contribution in [0.3, 0.4) is 0 Å². The van der Waals surface area contributed by atoms with E-state index in [4.69, 9.17) is 0 Å². The number of rotatable bonds is 3. The maximum atomic E-state index is 11.4. The first kappa shape index (κ1) is 11.6. The van der Waals surface area contributed by atoms with Gasteiger partial charge in [-0.05, 0) is 19.1 Å². The third-order valence-electron chi connectivity index (χ3n) is 1.93. The molecule has 1 N–H and O–H groups in total. The lowest BCUT2D eigenvalue weighted by Crippen LogP contribution is -2.32. The van der Waals surface area contributed by atoms with E-state index in [1.807, 2.05) is 0 Å².